The predicted molar refractivity (Wildman–Crippen MR) is 93.7 cm³/mol. The molecular weight excluding hydrogens is 318 g/mol. The average molecular weight is 337 g/mol. The average Bonchev–Trinajstić information content (AvgIpc) is 3.05. The molecule has 0 saturated carbocycles. The van der Waals surface area contributed by atoms with E-state index in [0.717, 1.165) is 11.6 Å². The molecular formula is C17H19N7O. The minimum absolute atomic E-state index is 0.198. The Hall–Kier alpha value is -3.29. The van der Waals surface area contributed by atoms with Gasteiger partial charge in [0, 0.05) is 37.7 Å². The number of hydrogen-bond acceptors (Lipinski definition) is 6. The Morgan fingerprint density at radius 3 is 2.72 bits per heavy atom. The van der Waals surface area contributed by atoms with Gasteiger partial charge in [-0.15, -0.1) is 0 Å². The molecule has 8 heteroatoms. The highest BCUT2D eigenvalue weighted by atomic mass is 16.1. The largest absolute Gasteiger partial charge is 0.368 e. The molecule has 0 bridgehead atoms. The lowest BCUT2D eigenvalue weighted by Crippen LogP contribution is -2.29. The third-order valence-electron chi connectivity index (χ3n) is 3.51. The Balaban J connectivity index is 1.58. The van der Waals surface area contributed by atoms with E-state index < -0.39 is 0 Å². The van der Waals surface area contributed by atoms with E-state index in [1.165, 1.54) is 0 Å². The quantitative estimate of drug-likeness (QED) is 0.662. The zero-order valence-electron chi connectivity index (χ0n) is 14.1. The van der Waals surface area contributed by atoms with Gasteiger partial charge < -0.3 is 10.6 Å². The minimum atomic E-state index is -0.198. The third-order valence-corrected chi connectivity index (χ3v) is 3.51. The number of amides is 1. The summed E-state index contributed by atoms with van der Waals surface area (Å²) in [5.41, 5.74) is 0.401. The van der Waals surface area contributed by atoms with Crippen LogP contribution in [-0.4, -0.2) is 43.5 Å². The molecule has 2 N–H and O–H groups in total. The number of nitrogens with zero attached hydrogens (tertiary/aromatic N) is 5. The van der Waals surface area contributed by atoms with Crippen LogP contribution in [0.2, 0.25) is 0 Å². The molecule has 0 aromatic carbocycles. The summed E-state index contributed by atoms with van der Waals surface area (Å²) in [6.45, 7) is 4.75. The van der Waals surface area contributed by atoms with Crippen molar-refractivity contribution >= 4 is 11.7 Å². The molecule has 0 aliphatic carbocycles. The molecule has 0 saturated heterocycles. The SMILES string of the molecule is Cc1nc(NCCNC(=O)c2ccccn2)cc(-n2ccnc2C)n1. The van der Waals surface area contributed by atoms with Crippen molar-refractivity contribution in [2.75, 3.05) is 18.4 Å². The molecule has 0 fully saturated rings. The number of pyridine rings is 1. The van der Waals surface area contributed by atoms with E-state index in [1.54, 1.807) is 30.6 Å². The summed E-state index contributed by atoms with van der Waals surface area (Å²) in [4.78, 5) is 28.9. The van der Waals surface area contributed by atoms with Gasteiger partial charge in [0.15, 0.2) is 0 Å². The topological polar surface area (TPSA) is 97.6 Å². The second kappa shape index (κ2) is 7.52. The highest BCUT2D eigenvalue weighted by Gasteiger charge is 2.07. The molecule has 3 heterocycles. The molecule has 0 spiro atoms. The number of anilines is 1. The monoisotopic (exact) mass is 337 g/mol. The van der Waals surface area contributed by atoms with Crippen molar-refractivity contribution < 1.29 is 4.79 Å². The number of rotatable bonds is 6. The first-order chi connectivity index (χ1) is 12.1. The summed E-state index contributed by atoms with van der Waals surface area (Å²) < 4.78 is 1.89. The fourth-order valence-corrected chi connectivity index (χ4v) is 2.34. The van der Waals surface area contributed by atoms with Crippen molar-refractivity contribution in [1.82, 2.24) is 29.8 Å². The van der Waals surface area contributed by atoms with Crippen LogP contribution in [0.4, 0.5) is 5.82 Å². The van der Waals surface area contributed by atoms with Crippen LogP contribution in [0.1, 0.15) is 22.1 Å². The van der Waals surface area contributed by atoms with E-state index in [2.05, 4.69) is 30.6 Å². The number of hydrogen-bond donors (Lipinski definition) is 2. The summed E-state index contributed by atoms with van der Waals surface area (Å²) >= 11 is 0. The van der Waals surface area contributed by atoms with Crippen LogP contribution in [0, 0.1) is 13.8 Å². The molecule has 1 amide bonds. The van der Waals surface area contributed by atoms with Gasteiger partial charge in [-0.25, -0.2) is 15.0 Å². The van der Waals surface area contributed by atoms with E-state index in [4.69, 9.17) is 0 Å². The van der Waals surface area contributed by atoms with Crippen LogP contribution in [0.3, 0.4) is 0 Å². The van der Waals surface area contributed by atoms with E-state index >= 15 is 0 Å². The minimum Gasteiger partial charge on any atom is -0.368 e. The van der Waals surface area contributed by atoms with Gasteiger partial charge in [-0.1, -0.05) is 6.07 Å². The van der Waals surface area contributed by atoms with Gasteiger partial charge in [0.25, 0.3) is 5.91 Å². The van der Waals surface area contributed by atoms with Crippen molar-refractivity contribution in [1.29, 1.82) is 0 Å². The zero-order valence-corrected chi connectivity index (χ0v) is 14.1. The number of aromatic nitrogens is 5. The van der Waals surface area contributed by atoms with Crippen molar-refractivity contribution in [3.63, 3.8) is 0 Å². The highest BCUT2D eigenvalue weighted by molar-refractivity contribution is 5.92. The number of nitrogens with one attached hydrogen (secondary N) is 2. The van der Waals surface area contributed by atoms with Gasteiger partial charge in [0.05, 0.1) is 0 Å². The summed E-state index contributed by atoms with van der Waals surface area (Å²) in [7, 11) is 0. The zero-order chi connectivity index (χ0) is 17.6. The highest BCUT2D eigenvalue weighted by Crippen LogP contribution is 2.12. The first-order valence-electron chi connectivity index (χ1n) is 7.92. The van der Waals surface area contributed by atoms with Crippen LogP contribution in [0.15, 0.2) is 42.9 Å². The second-order valence-electron chi connectivity index (χ2n) is 5.40. The van der Waals surface area contributed by atoms with E-state index in [1.807, 2.05) is 30.7 Å². The van der Waals surface area contributed by atoms with E-state index in [0.29, 0.717) is 30.4 Å². The number of carbonyl (C=O) groups excluding carboxylic acids is 1. The van der Waals surface area contributed by atoms with Crippen LogP contribution >= 0.6 is 0 Å². The molecule has 0 atom stereocenters. The molecule has 128 valence electrons. The molecule has 8 nitrogen and oxygen atoms in total. The third kappa shape index (κ3) is 4.17. The smallest absolute Gasteiger partial charge is 0.269 e. The lowest BCUT2D eigenvalue weighted by molar-refractivity contribution is 0.0950. The molecule has 0 radical (unpaired) electrons. The van der Waals surface area contributed by atoms with Crippen LogP contribution in [0.25, 0.3) is 5.82 Å². The molecule has 3 aromatic heterocycles. The van der Waals surface area contributed by atoms with Gasteiger partial charge in [0.2, 0.25) is 0 Å². The van der Waals surface area contributed by atoms with Crippen molar-refractivity contribution in [2.45, 2.75) is 13.8 Å². The number of aryl methyl sites for hydroxylation is 2. The van der Waals surface area contributed by atoms with E-state index in [-0.39, 0.29) is 5.91 Å². The Labute approximate surface area is 145 Å². The van der Waals surface area contributed by atoms with Crippen molar-refractivity contribution in [2.24, 2.45) is 0 Å². The maximum absolute atomic E-state index is 11.9. The lowest BCUT2D eigenvalue weighted by Gasteiger charge is -2.10. The molecule has 0 aliphatic heterocycles. The maximum atomic E-state index is 11.9. The summed E-state index contributed by atoms with van der Waals surface area (Å²) in [6, 6.07) is 7.08. The molecule has 0 unspecified atom stereocenters. The Bertz CT molecular complexity index is 860. The Morgan fingerprint density at radius 2 is 2.00 bits per heavy atom. The molecule has 25 heavy (non-hydrogen) atoms. The molecule has 3 aromatic rings. The lowest BCUT2D eigenvalue weighted by atomic mass is 10.3. The summed E-state index contributed by atoms with van der Waals surface area (Å²) in [6.07, 6.45) is 5.18. The predicted octanol–water partition coefficient (Wildman–Crippen LogP) is 1.52. The van der Waals surface area contributed by atoms with Gasteiger partial charge >= 0.3 is 0 Å². The van der Waals surface area contributed by atoms with Gasteiger partial charge in [-0.05, 0) is 26.0 Å². The second-order valence-corrected chi connectivity index (χ2v) is 5.40. The molecule has 3 rings (SSSR count). The Morgan fingerprint density at radius 1 is 1.12 bits per heavy atom. The summed E-state index contributed by atoms with van der Waals surface area (Å²) in [5, 5.41) is 6.01. The first kappa shape index (κ1) is 16.6. The number of carbonyl (C=O) groups is 1. The standard InChI is InChI=1S/C17H19N7O/c1-12-22-15(11-16(23-12)24-10-9-18-13(24)2)20-7-8-21-17(25)14-5-3-4-6-19-14/h3-6,9-11H,7-8H2,1-2H3,(H,21,25)(H,20,22,23). The van der Waals surface area contributed by atoms with Crippen molar-refractivity contribution in [3.8, 4) is 5.82 Å². The van der Waals surface area contributed by atoms with Gasteiger partial charge in [-0.2, -0.15) is 0 Å². The normalized spacial score (nSPS) is 10.5. The number of imidazole rings is 1. The fraction of sp³-hybridized carbons (Fsp3) is 0.235. The first-order valence-corrected chi connectivity index (χ1v) is 7.92. The van der Waals surface area contributed by atoms with E-state index in [9.17, 15) is 4.79 Å². The van der Waals surface area contributed by atoms with Crippen LogP contribution < -0.4 is 10.6 Å². The van der Waals surface area contributed by atoms with Crippen LogP contribution in [0.5, 0.6) is 0 Å². The Kier molecular flexibility index (Phi) is 4.98. The van der Waals surface area contributed by atoms with Crippen molar-refractivity contribution in [3.05, 3.63) is 60.2 Å². The summed E-state index contributed by atoms with van der Waals surface area (Å²) in [5.74, 6) is 2.76. The van der Waals surface area contributed by atoms with Crippen LogP contribution in [-0.2, 0) is 0 Å². The maximum Gasteiger partial charge on any atom is 0.269 e. The van der Waals surface area contributed by atoms with Gasteiger partial charge in [0.1, 0.15) is 29.0 Å². The van der Waals surface area contributed by atoms with Gasteiger partial charge in [-0.3, -0.25) is 14.3 Å². The fourth-order valence-electron chi connectivity index (χ4n) is 2.34. The molecule has 0 aliphatic rings.